The Kier molecular flexibility index (Phi) is 1.84. The molecule has 0 bridgehead atoms. The lowest BCUT2D eigenvalue weighted by atomic mass is 10.4. The van der Waals surface area contributed by atoms with E-state index in [-0.39, 0.29) is 0 Å². The van der Waals surface area contributed by atoms with Gasteiger partial charge in [-0.15, -0.1) is 6.20 Å². The molecule has 1 unspecified atom stereocenters. The molecule has 1 aliphatic heterocycles. The van der Waals surface area contributed by atoms with Crippen LogP contribution in [0.1, 0.15) is 5.69 Å². The topological polar surface area (TPSA) is 73.6 Å². The maximum Gasteiger partial charge on any atom is 0.134 e. The second-order valence-electron chi connectivity index (χ2n) is 2.65. The van der Waals surface area contributed by atoms with Gasteiger partial charge in [0.1, 0.15) is 12.0 Å². The summed E-state index contributed by atoms with van der Waals surface area (Å²) in [4.78, 5) is 7.99. The molecule has 13 heavy (non-hydrogen) atoms. The van der Waals surface area contributed by atoms with Crippen molar-refractivity contribution in [3.63, 3.8) is 0 Å². The zero-order valence-electron chi connectivity index (χ0n) is 7.18. The van der Waals surface area contributed by atoms with Gasteiger partial charge >= 0.3 is 0 Å². The van der Waals surface area contributed by atoms with Crippen LogP contribution < -0.4 is 16.1 Å². The van der Waals surface area contributed by atoms with Crippen LogP contribution in [-0.2, 0) is 0 Å². The van der Waals surface area contributed by atoms with Crippen LogP contribution >= 0.6 is 0 Å². The molecule has 1 aromatic rings. The lowest BCUT2D eigenvalue weighted by molar-refractivity contribution is -0.872. The molecule has 2 rings (SSSR count). The summed E-state index contributed by atoms with van der Waals surface area (Å²) >= 11 is 0. The molecular formula is C7H10N6. The SMILES string of the molecule is Cc1ncncc1N1C=C[N-][NH+]1N. The molecule has 0 fully saturated rings. The van der Waals surface area contributed by atoms with Crippen molar-refractivity contribution in [1.82, 2.24) is 9.97 Å². The summed E-state index contributed by atoms with van der Waals surface area (Å²) in [5.74, 6) is 5.64. The quantitative estimate of drug-likeness (QED) is 0.543. The van der Waals surface area contributed by atoms with Crippen LogP contribution in [0.4, 0.5) is 5.69 Å². The first-order valence-electron chi connectivity index (χ1n) is 3.85. The highest BCUT2D eigenvalue weighted by molar-refractivity contribution is 5.48. The Morgan fingerprint density at radius 2 is 2.46 bits per heavy atom. The molecule has 1 aromatic heterocycles. The van der Waals surface area contributed by atoms with E-state index in [0.717, 1.165) is 11.4 Å². The monoisotopic (exact) mass is 178 g/mol. The van der Waals surface area contributed by atoms with Gasteiger partial charge in [0.15, 0.2) is 0 Å². The lowest BCUT2D eigenvalue weighted by Crippen LogP contribution is -3.18. The van der Waals surface area contributed by atoms with Gasteiger partial charge < -0.3 is 5.43 Å². The number of nitrogens with one attached hydrogen (secondary N) is 1. The van der Waals surface area contributed by atoms with Crippen molar-refractivity contribution >= 4 is 5.69 Å². The summed E-state index contributed by atoms with van der Waals surface area (Å²) in [7, 11) is 0. The third-order valence-corrected chi connectivity index (χ3v) is 1.81. The number of nitrogens with zero attached hydrogens (tertiary/aromatic N) is 4. The molecule has 0 aliphatic carbocycles. The van der Waals surface area contributed by atoms with E-state index in [9.17, 15) is 0 Å². The molecule has 0 radical (unpaired) electrons. The van der Waals surface area contributed by atoms with E-state index in [0.29, 0.717) is 5.23 Å². The second kappa shape index (κ2) is 3.00. The van der Waals surface area contributed by atoms with Gasteiger partial charge in [-0.3, -0.25) is 0 Å². The molecule has 0 amide bonds. The van der Waals surface area contributed by atoms with Gasteiger partial charge in [0, 0.05) is 6.20 Å². The highest BCUT2D eigenvalue weighted by Crippen LogP contribution is 2.14. The van der Waals surface area contributed by atoms with Crippen LogP contribution in [0.5, 0.6) is 0 Å². The number of aryl methyl sites for hydroxylation is 1. The van der Waals surface area contributed by atoms with E-state index >= 15 is 0 Å². The number of aromatic nitrogens is 2. The van der Waals surface area contributed by atoms with Crippen molar-refractivity contribution < 1.29 is 5.23 Å². The number of rotatable bonds is 1. The highest BCUT2D eigenvalue weighted by Gasteiger charge is 2.14. The Morgan fingerprint density at radius 1 is 1.62 bits per heavy atom. The normalized spacial score (nSPS) is 20.5. The largest absolute Gasteiger partial charge is 0.447 e. The minimum atomic E-state index is 0.443. The minimum Gasteiger partial charge on any atom is -0.447 e. The Morgan fingerprint density at radius 3 is 3.08 bits per heavy atom. The fraction of sp³-hybridized carbons (Fsp3) is 0.143. The molecule has 2 heterocycles. The van der Waals surface area contributed by atoms with Gasteiger partial charge in [0.25, 0.3) is 0 Å². The van der Waals surface area contributed by atoms with E-state index in [4.69, 9.17) is 5.84 Å². The summed E-state index contributed by atoms with van der Waals surface area (Å²) in [6, 6.07) is 0. The maximum atomic E-state index is 5.64. The van der Waals surface area contributed by atoms with Crippen LogP contribution in [0.3, 0.4) is 0 Å². The van der Waals surface area contributed by atoms with Crippen LogP contribution in [0, 0.1) is 6.92 Å². The van der Waals surface area contributed by atoms with Crippen LogP contribution in [0.25, 0.3) is 5.43 Å². The first-order chi connectivity index (χ1) is 6.29. The summed E-state index contributed by atoms with van der Waals surface area (Å²) in [6.45, 7) is 1.90. The molecule has 1 aliphatic rings. The second-order valence-corrected chi connectivity index (χ2v) is 2.65. The highest BCUT2D eigenvalue weighted by atomic mass is 15.9. The minimum absolute atomic E-state index is 0.443. The molecule has 0 saturated carbocycles. The Labute approximate surface area is 75.6 Å². The molecule has 6 nitrogen and oxygen atoms in total. The van der Waals surface area contributed by atoms with Gasteiger partial charge in [-0.1, -0.05) is 0 Å². The van der Waals surface area contributed by atoms with Gasteiger partial charge in [-0.2, -0.15) is 16.1 Å². The Balaban J connectivity index is 2.35. The van der Waals surface area contributed by atoms with Crippen molar-refractivity contribution in [3.8, 4) is 0 Å². The third-order valence-electron chi connectivity index (χ3n) is 1.81. The van der Waals surface area contributed by atoms with Gasteiger partial charge in [-0.05, 0) is 6.92 Å². The summed E-state index contributed by atoms with van der Waals surface area (Å²) in [5.41, 5.74) is 5.65. The van der Waals surface area contributed by atoms with Gasteiger partial charge in [-0.25, -0.2) is 9.97 Å². The average molecular weight is 178 g/mol. The number of hydrogen-bond acceptors (Lipinski definition) is 4. The van der Waals surface area contributed by atoms with Crippen LogP contribution in [0.2, 0.25) is 0 Å². The zero-order valence-corrected chi connectivity index (χ0v) is 7.18. The molecule has 0 saturated heterocycles. The average Bonchev–Trinajstić information content (AvgIpc) is 2.52. The van der Waals surface area contributed by atoms with Crippen molar-refractivity contribution in [1.29, 1.82) is 0 Å². The predicted molar refractivity (Wildman–Crippen MR) is 46.9 cm³/mol. The summed E-state index contributed by atoms with van der Waals surface area (Å²) in [5, 5.41) is 2.19. The molecular weight excluding hydrogens is 168 g/mol. The van der Waals surface area contributed by atoms with Crippen LogP contribution in [-0.4, -0.2) is 9.97 Å². The maximum absolute atomic E-state index is 5.64. The predicted octanol–water partition coefficient (Wildman–Crippen LogP) is -0.961. The number of hydrogen-bond donors (Lipinski definition) is 2. The molecule has 3 N–H and O–H groups in total. The lowest BCUT2D eigenvalue weighted by Gasteiger charge is -2.26. The molecule has 1 atom stereocenters. The van der Waals surface area contributed by atoms with Crippen molar-refractivity contribution in [2.24, 2.45) is 5.84 Å². The van der Waals surface area contributed by atoms with E-state index in [2.05, 4.69) is 15.4 Å². The third kappa shape index (κ3) is 1.32. The molecule has 68 valence electrons. The van der Waals surface area contributed by atoms with E-state index < -0.39 is 0 Å². The number of quaternary nitrogens is 1. The van der Waals surface area contributed by atoms with Crippen molar-refractivity contribution in [3.05, 3.63) is 36.0 Å². The number of anilines is 1. The first-order valence-corrected chi connectivity index (χ1v) is 3.85. The molecule has 0 spiro atoms. The summed E-state index contributed by atoms with van der Waals surface area (Å²) < 4.78 is 0. The standard InChI is InChI=1S/C7H10N6/c1-6-7(4-9-5-10-6)12-3-2-11-13(12)8/h2-5,13H,8H2,1H3. The Bertz CT molecular complexity index is 336. The Hall–Kier alpha value is -1.66. The number of nitrogens with two attached hydrogens (primary N) is 1. The fourth-order valence-electron chi connectivity index (χ4n) is 1.14. The molecule has 6 heteroatoms. The van der Waals surface area contributed by atoms with E-state index in [1.54, 1.807) is 23.6 Å². The van der Waals surface area contributed by atoms with Gasteiger partial charge in [0.05, 0.1) is 11.9 Å². The molecule has 0 aromatic carbocycles. The smallest absolute Gasteiger partial charge is 0.134 e. The van der Waals surface area contributed by atoms with Gasteiger partial charge in [0.2, 0.25) is 0 Å². The fourth-order valence-corrected chi connectivity index (χ4v) is 1.14. The zero-order chi connectivity index (χ0) is 9.26. The first kappa shape index (κ1) is 7.96. The van der Waals surface area contributed by atoms with Crippen molar-refractivity contribution in [2.75, 3.05) is 5.01 Å². The van der Waals surface area contributed by atoms with Crippen LogP contribution in [0.15, 0.2) is 24.9 Å². The summed E-state index contributed by atoms with van der Waals surface area (Å²) in [6.07, 6.45) is 6.63. The van der Waals surface area contributed by atoms with E-state index in [1.165, 1.54) is 6.33 Å². The van der Waals surface area contributed by atoms with Crippen molar-refractivity contribution in [2.45, 2.75) is 6.92 Å². The van der Waals surface area contributed by atoms with E-state index in [1.807, 2.05) is 6.92 Å².